The van der Waals surface area contributed by atoms with Crippen molar-refractivity contribution in [3.63, 3.8) is 0 Å². The number of unbranched alkanes of at least 4 members (excludes halogenated alkanes) is 1. The van der Waals surface area contributed by atoms with Crippen LogP contribution in [0, 0.1) is 0 Å². The Kier molecular flexibility index (Phi) is 2.88. The van der Waals surface area contributed by atoms with E-state index in [1.165, 1.54) is 27.9 Å². The molecule has 18 heavy (non-hydrogen) atoms. The molecule has 0 aliphatic heterocycles. The molecule has 2 aromatic heterocycles. The van der Waals surface area contributed by atoms with Crippen molar-refractivity contribution in [1.29, 1.82) is 0 Å². The largest absolute Gasteiger partial charge is 0.378 e. The van der Waals surface area contributed by atoms with Gasteiger partial charge >= 0.3 is 0 Å². The van der Waals surface area contributed by atoms with Crippen LogP contribution in [0.25, 0.3) is 21.1 Å². The molecule has 3 N–H and O–H groups in total. The second-order valence-electron chi connectivity index (χ2n) is 4.47. The minimum absolute atomic E-state index is 0.600. The lowest BCUT2D eigenvalue weighted by Gasteiger charge is -1.96. The van der Waals surface area contributed by atoms with Crippen LogP contribution in [0.5, 0.6) is 0 Å². The Bertz CT molecular complexity index is 703. The summed E-state index contributed by atoms with van der Waals surface area (Å²) in [5, 5.41) is 2.47. The van der Waals surface area contributed by atoms with Gasteiger partial charge in [0.2, 0.25) is 5.01 Å². The molecule has 4 heteroatoms. The molecule has 0 fully saturated rings. The molecule has 0 radical (unpaired) electrons. The zero-order chi connectivity index (χ0) is 12.5. The minimum Gasteiger partial charge on any atom is -0.378 e. The van der Waals surface area contributed by atoms with Gasteiger partial charge in [-0.15, -0.1) is 0 Å². The number of para-hydroxylation sites is 1. The number of pyridine rings is 1. The van der Waals surface area contributed by atoms with E-state index in [1.54, 1.807) is 11.3 Å². The first-order chi connectivity index (χ1) is 8.79. The number of aryl methyl sites for hydroxylation is 1. The Labute approximate surface area is 110 Å². The lowest BCUT2D eigenvalue weighted by molar-refractivity contribution is -0.350. The summed E-state index contributed by atoms with van der Waals surface area (Å²) in [5.41, 5.74) is 7.99. The lowest BCUT2D eigenvalue weighted by Crippen LogP contribution is -2.08. The third kappa shape index (κ3) is 1.82. The molecular formula is C14H16N3S+. The van der Waals surface area contributed by atoms with E-state index in [9.17, 15) is 0 Å². The molecule has 0 atom stereocenters. The number of benzene rings is 1. The summed E-state index contributed by atoms with van der Waals surface area (Å²) in [6, 6.07) is 8.16. The molecule has 0 spiro atoms. The van der Waals surface area contributed by atoms with Crippen LogP contribution in [0.4, 0.5) is 5.82 Å². The van der Waals surface area contributed by atoms with E-state index in [-0.39, 0.29) is 0 Å². The maximum atomic E-state index is 6.03. The number of hydrogen-bond donors (Lipinski definition) is 1. The molecule has 1 aromatic carbocycles. The van der Waals surface area contributed by atoms with Crippen molar-refractivity contribution in [2.45, 2.75) is 26.2 Å². The fourth-order valence-corrected chi connectivity index (χ4v) is 3.35. The molecule has 3 rings (SSSR count). The number of nitrogens with one attached hydrogen (secondary N) is 1. The van der Waals surface area contributed by atoms with Crippen LogP contribution < -0.4 is 10.7 Å². The highest BCUT2D eigenvalue weighted by atomic mass is 32.1. The van der Waals surface area contributed by atoms with Gasteiger partial charge < -0.3 is 5.73 Å². The molecule has 0 saturated heterocycles. The van der Waals surface area contributed by atoms with Crippen molar-refractivity contribution in [3.05, 3.63) is 29.3 Å². The summed E-state index contributed by atoms with van der Waals surface area (Å²) in [6.45, 7) is 2.21. The van der Waals surface area contributed by atoms with Crippen molar-refractivity contribution < 1.29 is 4.98 Å². The first-order valence-corrected chi connectivity index (χ1v) is 7.10. The first kappa shape index (κ1) is 11.4. The fraction of sp³-hybridized carbons (Fsp3) is 0.286. The number of fused-ring (bicyclic) bond motifs is 3. The average Bonchev–Trinajstić information content (AvgIpc) is 2.81. The molecule has 0 unspecified atom stereocenters. The third-order valence-corrected chi connectivity index (χ3v) is 4.30. The monoisotopic (exact) mass is 258 g/mol. The summed E-state index contributed by atoms with van der Waals surface area (Å²) in [6.07, 6.45) is 3.49. The number of nitrogens with two attached hydrogens (primary N) is 1. The highest BCUT2D eigenvalue weighted by Crippen LogP contribution is 2.30. The molecule has 0 aliphatic carbocycles. The highest BCUT2D eigenvalue weighted by molar-refractivity contribution is 7.19. The van der Waals surface area contributed by atoms with Gasteiger partial charge in [0.05, 0.1) is 5.52 Å². The standard InChI is InChI=1S/C14H15N3S/c1-2-3-8-11-17-12-13(18-11)9-6-4-5-7-10(9)16-14(12)15/h4-7H,2-3,8H2,1H3,(H2,15,16)/p+1. The zero-order valence-corrected chi connectivity index (χ0v) is 11.2. The average molecular weight is 258 g/mol. The van der Waals surface area contributed by atoms with Gasteiger partial charge in [0.15, 0.2) is 5.82 Å². The number of thiazole rings is 1. The van der Waals surface area contributed by atoms with Crippen LogP contribution in [0.2, 0.25) is 0 Å². The zero-order valence-electron chi connectivity index (χ0n) is 10.4. The van der Waals surface area contributed by atoms with Gasteiger partial charge in [-0.25, -0.2) is 4.98 Å². The normalized spacial score (nSPS) is 11.4. The predicted molar refractivity (Wildman–Crippen MR) is 76.7 cm³/mol. The SMILES string of the molecule is CCCCc1[nH+]c2c(N)nc3ccccc3c2s1. The molecule has 3 aromatic rings. The number of aromatic amines is 1. The number of nitrogen functional groups attached to an aromatic ring is 1. The Hall–Kier alpha value is -1.68. The van der Waals surface area contributed by atoms with Crippen LogP contribution in [0.15, 0.2) is 24.3 Å². The summed E-state index contributed by atoms with van der Waals surface area (Å²) in [4.78, 5) is 7.87. The van der Waals surface area contributed by atoms with Gasteiger partial charge in [-0.2, -0.15) is 4.98 Å². The quantitative estimate of drug-likeness (QED) is 0.784. The van der Waals surface area contributed by atoms with Gasteiger partial charge in [-0.05, 0) is 12.5 Å². The summed E-state index contributed by atoms with van der Waals surface area (Å²) in [5.74, 6) is 0.600. The second-order valence-corrected chi connectivity index (χ2v) is 5.58. The molecule has 0 saturated carbocycles. The van der Waals surface area contributed by atoms with Crippen LogP contribution in [0.1, 0.15) is 24.8 Å². The lowest BCUT2D eigenvalue weighted by atomic mass is 10.2. The van der Waals surface area contributed by atoms with Gasteiger partial charge in [0.25, 0.3) is 5.52 Å². The second kappa shape index (κ2) is 4.53. The van der Waals surface area contributed by atoms with Crippen molar-refractivity contribution in [3.8, 4) is 0 Å². The number of aromatic nitrogens is 2. The van der Waals surface area contributed by atoms with Gasteiger partial charge in [0.1, 0.15) is 4.70 Å². The van der Waals surface area contributed by atoms with E-state index in [2.05, 4.69) is 23.0 Å². The van der Waals surface area contributed by atoms with Crippen molar-refractivity contribution in [2.24, 2.45) is 0 Å². The molecule has 92 valence electrons. The van der Waals surface area contributed by atoms with Crippen LogP contribution >= 0.6 is 11.3 Å². The van der Waals surface area contributed by atoms with Gasteiger partial charge in [0, 0.05) is 11.8 Å². The number of H-pyrrole nitrogens is 1. The molecule has 0 aliphatic rings. The fourth-order valence-electron chi connectivity index (χ4n) is 2.17. The number of hydrogen-bond acceptors (Lipinski definition) is 3. The molecular weight excluding hydrogens is 242 g/mol. The summed E-state index contributed by atoms with van der Waals surface area (Å²) >= 11 is 1.81. The van der Waals surface area contributed by atoms with E-state index in [0.29, 0.717) is 5.82 Å². The minimum atomic E-state index is 0.600. The Morgan fingerprint density at radius 2 is 2.17 bits per heavy atom. The molecule has 0 bridgehead atoms. The van der Waals surface area contributed by atoms with E-state index in [4.69, 9.17) is 5.73 Å². The number of nitrogens with zero attached hydrogens (tertiary/aromatic N) is 1. The maximum Gasteiger partial charge on any atom is 0.265 e. The summed E-state index contributed by atoms with van der Waals surface area (Å²) in [7, 11) is 0. The Morgan fingerprint density at radius 1 is 1.33 bits per heavy atom. The van der Waals surface area contributed by atoms with Gasteiger partial charge in [-0.1, -0.05) is 42.9 Å². The first-order valence-electron chi connectivity index (χ1n) is 6.28. The van der Waals surface area contributed by atoms with Crippen LogP contribution in [0.3, 0.4) is 0 Å². The molecule has 3 nitrogen and oxygen atoms in total. The third-order valence-electron chi connectivity index (χ3n) is 3.12. The van der Waals surface area contributed by atoms with E-state index in [1.807, 2.05) is 18.2 Å². The molecule has 0 amide bonds. The van der Waals surface area contributed by atoms with Crippen molar-refractivity contribution in [2.75, 3.05) is 5.73 Å². The van der Waals surface area contributed by atoms with Gasteiger partial charge in [-0.3, -0.25) is 0 Å². The van der Waals surface area contributed by atoms with Crippen molar-refractivity contribution in [1.82, 2.24) is 4.98 Å². The van der Waals surface area contributed by atoms with E-state index >= 15 is 0 Å². The number of anilines is 1. The Balaban J connectivity index is 2.24. The smallest absolute Gasteiger partial charge is 0.265 e. The van der Waals surface area contributed by atoms with Crippen LogP contribution in [-0.2, 0) is 6.42 Å². The highest BCUT2D eigenvalue weighted by Gasteiger charge is 2.17. The van der Waals surface area contributed by atoms with E-state index in [0.717, 1.165) is 17.5 Å². The van der Waals surface area contributed by atoms with E-state index < -0.39 is 0 Å². The topological polar surface area (TPSA) is 53.0 Å². The van der Waals surface area contributed by atoms with Crippen LogP contribution in [-0.4, -0.2) is 4.98 Å². The maximum absolute atomic E-state index is 6.03. The molecule has 2 heterocycles. The van der Waals surface area contributed by atoms with Crippen molar-refractivity contribution >= 4 is 38.3 Å². The number of rotatable bonds is 3. The Morgan fingerprint density at radius 3 is 3.00 bits per heavy atom. The summed E-state index contributed by atoms with van der Waals surface area (Å²) < 4.78 is 1.23. The predicted octanol–water partition coefficient (Wildman–Crippen LogP) is 3.19.